The summed E-state index contributed by atoms with van der Waals surface area (Å²) in [5.74, 6) is 0. The molecule has 0 aliphatic carbocycles. The van der Waals surface area contributed by atoms with Crippen LogP contribution >= 0.6 is 69.6 Å². The molecule has 4 atom stereocenters. The van der Waals surface area contributed by atoms with Crippen molar-refractivity contribution in [1.29, 1.82) is 0 Å². The van der Waals surface area contributed by atoms with Gasteiger partial charge in [0, 0.05) is 23.6 Å². The van der Waals surface area contributed by atoms with E-state index < -0.39 is 69.4 Å². The maximum atomic E-state index is 12.3. The van der Waals surface area contributed by atoms with Crippen LogP contribution in [0.2, 0.25) is 0 Å². The molecule has 0 rings (SSSR count). The molecule has 28 heavy (non-hydrogen) atoms. The largest absolute Gasteiger partial charge is 0.390 e. The Bertz CT molecular complexity index is 514. The van der Waals surface area contributed by atoms with Crippen molar-refractivity contribution in [2.24, 2.45) is 0 Å². The molecule has 166 valence electrons. The predicted octanol–water partition coefficient (Wildman–Crippen LogP) is 6.24. The molecule has 0 spiro atoms. The summed E-state index contributed by atoms with van der Waals surface area (Å²) in [4.78, 5) is 31.6. The molecular formula is C12H10Cl6F6O4. The first-order valence-electron chi connectivity index (χ1n) is 6.86. The zero-order valence-corrected chi connectivity index (χ0v) is 17.7. The minimum Gasteiger partial charge on any atom is -0.276 e. The molecule has 0 radical (unpaired) electrons. The van der Waals surface area contributed by atoms with E-state index >= 15 is 0 Å². The first-order valence-corrected chi connectivity index (χ1v) is 9.24. The molecule has 0 amide bonds. The molecular weight excluding hydrogens is 535 g/mol. The van der Waals surface area contributed by atoms with Crippen LogP contribution in [0.1, 0.15) is 25.7 Å². The number of carbonyl (C=O) groups excluding carboxylic acids is 2. The number of hydrogen-bond donors (Lipinski definition) is 0. The highest BCUT2D eigenvalue weighted by molar-refractivity contribution is 6.70. The van der Waals surface area contributed by atoms with E-state index in [1.54, 1.807) is 0 Å². The zero-order valence-electron chi connectivity index (χ0n) is 13.2. The summed E-state index contributed by atoms with van der Waals surface area (Å²) in [6, 6.07) is 0. The van der Waals surface area contributed by atoms with Crippen LogP contribution in [-0.4, -0.2) is 43.7 Å². The lowest BCUT2D eigenvalue weighted by Gasteiger charge is -2.30. The summed E-state index contributed by atoms with van der Waals surface area (Å²) in [7, 11) is 0. The molecule has 0 aromatic heterocycles. The monoisotopic (exact) mass is 542 g/mol. The fourth-order valence-electron chi connectivity index (χ4n) is 1.64. The van der Waals surface area contributed by atoms with E-state index in [4.69, 9.17) is 69.6 Å². The highest BCUT2D eigenvalue weighted by Gasteiger charge is 2.48. The van der Waals surface area contributed by atoms with Crippen LogP contribution in [0.5, 0.6) is 0 Å². The molecule has 0 bridgehead atoms. The smallest absolute Gasteiger partial charge is 0.276 e. The number of carbonyl (C=O) groups is 2. The molecule has 0 saturated heterocycles. The van der Waals surface area contributed by atoms with Crippen molar-refractivity contribution in [3.63, 3.8) is 0 Å². The Morgan fingerprint density at radius 3 is 1.11 bits per heavy atom. The highest BCUT2D eigenvalue weighted by Crippen LogP contribution is 2.38. The van der Waals surface area contributed by atoms with E-state index in [0.29, 0.717) is 0 Å². The van der Waals surface area contributed by atoms with Crippen molar-refractivity contribution in [3.8, 4) is 0 Å². The van der Waals surface area contributed by atoms with Gasteiger partial charge in [0.2, 0.25) is 0 Å². The average Bonchev–Trinajstić information content (AvgIpc) is 2.40. The Kier molecular flexibility index (Phi) is 11.0. The molecule has 0 aliphatic heterocycles. The molecule has 0 heterocycles. The maximum absolute atomic E-state index is 12.3. The van der Waals surface area contributed by atoms with Gasteiger partial charge in [-0.25, -0.2) is 9.78 Å². The van der Waals surface area contributed by atoms with Gasteiger partial charge in [0.15, 0.2) is 0 Å². The second-order valence-electron chi connectivity index (χ2n) is 5.41. The lowest BCUT2D eigenvalue weighted by atomic mass is 10.1. The molecule has 16 heteroatoms. The van der Waals surface area contributed by atoms with E-state index in [9.17, 15) is 35.9 Å². The van der Waals surface area contributed by atoms with Crippen LogP contribution in [0.15, 0.2) is 0 Å². The van der Waals surface area contributed by atoms with Gasteiger partial charge in [-0.15, -0.1) is 23.2 Å². The second kappa shape index (κ2) is 10.7. The Balaban J connectivity index is 5.26. The van der Waals surface area contributed by atoms with Crippen LogP contribution in [0.25, 0.3) is 0 Å². The predicted molar refractivity (Wildman–Crippen MR) is 90.9 cm³/mol. The third-order valence-corrected chi connectivity index (χ3v) is 4.97. The van der Waals surface area contributed by atoms with E-state index in [1.807, 2.05) is 0 Å². The van der Waals surface area contributed by atoms with Gasteiger partial charge in [-0.05, 0) is 23.2 Å². The minimum atomic E-state index is -4.73. The molecule has 4 nitrogen and oxygen atoms in total. The Hall–Kier alpha value is 0.580. The van der Waals surface area contributed by atoms with E-state index in [1.165, 1.54) is 0 Å². The van der Waals surface area contributed by atoms with Gasteiger partial charge in [0.05, 0.1) is 12.8 Å². The van der Waals surface area contributed by atoms with Crippen LogP contribution in [0.4, 0.5) is 26.3 Å². The van der Waals surface area contributed by atoms with Gasteiger partial charge in [0.1, 0.15) is 0 Å². The molecule has 0 aromatic rings. The van der Waals surface area contributed by atoms with Crippen LogP contribution in [-0.2, 0) is 19.4 Å². The van der Waals surface area contributed by atoms with Gasteiger partial charge >= 0.3 is 12.4 Å². The van der Waals surface area contributed by atoms with Crippen molar-refractivity contribution >= 4 is 80.1 Å². The van der Waals surface area contributed by atoms with Gasteiger partial charge in [-0.1, -0.05) is 23.2 Å². The fraction of sp³-hybridized carbons (Fsp3) is 0.833. The molecule has 0 aliphatic rings. The van der Waals surface area contributed by atoms with Gasteiger partial charge in [-0.3, -0.25) is 9.59 Å². The van der Waals surface area contributed by atoms with Gasteiger partial charge in [0.25, 0.3) is 20.6 Å². The average molecular weight is 545 g/mol. The number of rotatable bonds is 11. The summed E-state index contributed by atoms with van der Waals surface area (Å²) >= 11 is 32.5. The summed E-state index contributed by atoms with van der Waals surface area (Å²) in [6.45, 7) is 0. The van der Waals surface area contributed by atoms with Crippen molar-refractivity contribution in [1.82, 2.24) is 0 Å². The first-order chi connectivity index (χ1) is 12.3. The Labute approximate surface area is 184 Å². The second-order valence-corrected chi connectivity index (χ2v) is 8.55. The lowest BCUT2D eigenvalue weighted by Crippen LogP contribution is -2.43. The summed E-state index contributed by atoms with van der Waals surface area (Å²) in [6.07, 6.45) is -14.8. The van der Waals surface area contributed by atoms with Gasteiger partial charge in [-0.2, -0.15) is 26.3 Å². The number of halogens is 12. The van der Waals surface area contributed by atoms with E-state index in [0.717, 1.165) is 0 Å². The molecule has 4 unspecified atom stereocenters. The maximum Gasteiger partial charge on any atom is 0.390 e. The van der Waals surface area contributed by atoms with Crippen LogP contribution in [0.3, 0.4) is 0 Å². The van der Waals surface area contributed by atoms with Crippen molar-refractivity contribution in [2.45, 2.75) is 58.9 Å². The minimum absolute atomic E-state index is 1.08. The van der Waals surface area contributed by atoms with Crippen molar-refractivity contribution in [3.05, 3.63) is 0 Å². The van der Waals surface area contributed by atoms with E-state index in [2.05, 4.69) is 9.78 Å². The summed E-state index contributed by atoms with van der Waals surface area (Å²) in [5.41, 5.74) is 0. The number of hydrogen-bond acceptors (Lipinski definition) is 4. The zero-order chi connectivity index (χ0) is 22.6. The fourth-order valence-corrected chi connectivity index (χ4v) is 3.24. The quantitative estimate of drug-likeness (QED) is 0.102. The lowest BCUT2D eigenvalue weighted by molar-refractivity contribution is -0.357. The van der Waals surface area contributed by atoms with Crippen molar-refractivity contribution < 1.29 is 45.7 Å². The normalized spacial score (nSPS) is 19.4. The molecule has 0 N–H and O–H groups in total. The number of alkyl halides is 10. The third kappa shape index (κ3) is 11.1. The van der Waals surface area contributed by atoms with Crippen LogP contribution < -0.4 is 0 Å². The first kappa shape index (κ1) is 28.6. The SMILES string of the molecule is O=C(Cl)C(Cl)(CC(Cl)CC(F)(F)F)OOC(Cl)(CC(Cl)CC(F)(F)F)C(=O)Cl. The summed E-state index contributed by atoms with van der Waals surface area (Å²) < 4.78 is 74.0. The van der Waals surface area contributed by atoms with Crippen LogP contribution in [0, 0.1) is 0 Å². The topological polar surface area (TPSA) is 52.6 Å². The molecule has 0 fully saturated rings. The van der Waals surface area contributed by atoms with Crippen molar-refractivity contribution in [2.75, 3.05) is 0 Å². The van der Waals surface area contributed by atoms with E-state index in [-0.39, 0.29) is 0 Å². The summed E-state index contributed by atoms with van der Waals surface area (Å²) in [5, 5.41) is -12.6. The Morgan fingerprint density at radius 2 is 0.929 bits per heavy atom. The van der Waals surface area contributed by atoms with Gasteiger partial charge < -0.3 is 0 Å². The molecule has 0 aromatic carbocycles. The standard InChI is InChI=1S/C12H10Cl6F6O4/c13-5(3-11(19,20)21)1-9(17,7(15)25)27-28-10(18,8(16)26)2-6(14)4-12(22,23)24/h5-6H,1-4H2. The highest BCUT2D eigenvalue weighted by atomic mass is 35.5. The third-order valence-electron chi connectivity index (χ3n) is 2.77. The Morgan fingerprint density at radius 1 is 0.679 bits per heavy atom. The molecule has 0 saturated carbocycles.